The fraction of sp³-hybridized carbons (Fsp3) is 0.538. The molecule has 1 aliphatic carbocycles. The van der Waals surface area contributed by atoms with E-state index in [2.05, 4.69) is 233 Å². The molecule has 5 atom stereocenters. The molecule has 1 aliphatic rings. The molecule has 0 saturated heterocycles. The van der Waals surface area contributed by atoms with Gasteiger partial charge in [0.15, 0.2) is 0 Å². The van der Waals surface area contributed by atoms with Gasteiger partial charge in [-0.1, -0.05) is 247 Å². The Labute approximate surface area is 491 Å². The van der Waals surface area contributed by atoms with Crippen molar-refractivity contribution in [2.45, 2.75) is 266 Å². The van der Waals surface area contributed by atoms with Crippen molar-refractivity contribution in [1.29, 1.82) is 0 Å². The Bertz CT molecular complexity index is 2750. The van der Waals surface area contributed by atoms with Crippen molar-refractivity contribution in [3.8, 4) is 11.1 Å². The molecule has 0 aromatic heterocycles. The van der Waals surface area contributed by atoms with E-state index >= 15 is 0 Å². The second-order valence-corrected chi connectivity index (χ2v) is 25.4. The van der Waals surface area contributed by atoms with Crippen LogP contribution in [0.4, 0.5) is 34.1 Å². The van der Waals surface area contributed by atoms with E-state index in [0.29, 0.717) is 17.8 Å². The second-order valence-electron chi connectivity index (χ2n) is 25.4. The predicted molar refractivity (Wildman–Crippen MR) is 354 cm³/mol. The summed E-state index contributed by atoms with van der Waals surface area (Å²) in [4.78, 5) is 5.17. The molecule has 7 rings (SSSR count). The van der Waals surface area contributed by atoms with Gasteiger partial charge in [-0.25, -0.2) is 0 Å². The van der Waals surface area contributed by atoms with Gasteiger partial charge in [0, 0.05) is 39.5 Å². The highest BCUT2D eigenvalue weighted by Gasteiger charge is 2.43. The van der Waals surface area contributed by atoms with Gasteiger partial charge in [-0.2, -0.15) is 0 Å². The lowest BCUT2D eigenvalue weighted by Gasteiger charge is -2.39. The number of hydrogen-bond acceptors (Lipinski definition) is 2. The Morgan fingerprint density at radius 1 is 0.375 bits per heavy atom. The van der Waals surface area contributed by atoms with Gasteiger partial charge in [-0.15, -0.1) is 0 Å². The van der Waals surface area contributed by atoms with Gasteiger partial charge in [0.05, 0.1) is 0 Å². The molecule has 5 unspecified atom stereocenters. The quantitative estimate of drug-likeness (QED) is 0.0372. The van der Waals surface area contributed by atoms with Crippen molar-refractivity contribution in [1.82, 2.24) is 0 Å². The number of fused-ring (bicyclic) bond motifs is 3. The summed E-state index contributed by atoms with van der Waals surface area (Å²) in [7, 11) is 0. The van der Waals surface area contributed by atoms with Crippen LogP contribution in [0.3, 0.4) is 0 Å². The molecule has 0 spiro atoms. The zero-order valence-electron chi connectivity index (χ0n) is 53.1. The first kappa shape index (κ1) is 62.5. The number of benzene rings is 6. The van der Waals surface area contributed by atoms with Crippen LogP contribution in [0.15, 0.2) is 133 Å². The number of rotatable bonds is 34. The van der Waals surface area contributed by atoms with Crippen LogP contribution in [0.5, 0.6) is 0 Å². The Kier molecular flexibility index (Phi) is 23.3. The normalized spacial score (nSPS) is 15.4. The second kappa shape index (κ2) is 29.8. The van der Waals surface area contributed by atoms with E-state index in [9.17, 15) is 0 Å². The minimum absolute atomic E-state index is 0.127. The van der Waals surface area contributed by atoms with Crippen molar-refractivity contribution in [3.63, 3.8) is 0 Å². The predicted octanol–water partition coefficient (Wildman–Crippen LogP) is 25.4. The van der Waals surface area contributed by atoms with Gasteiger partial charge < -0.3 is 9.80 Å². The lowest BCUT2D eigenvalue weighted by Crippen LogP contribution is -2.33. The zero-order chi connectivity index (χ0) is 57.3. The van der Waals surface area contributed by atoms with Crippen LogP contribution < -0.4 is 9.80 Å². The van der Waals surface area contributed by atoms with E-state index < -0.39 is 0 Å². The average Bonchev–Trinajstić information content (AvgIpc) is 3.93. The summed E-state index contributed by atoms with van der Waals surface area (Å²) < 4.78 is 0. The average molecular weight is 1080 g/mol. The van der Waals surface area contributed by atoms with Crippen LogP contribution in [0.25, 0.3) is 11.1 Å². The van der Waals surface area contributed by atoms with E-state index in [1.807, 2.05) is 0 Å². The number of hydrogen-bond donors (Lipinski definition) is 0. The molecule has 0 saturated carbocycles. The molecule has 2 heteroatoms. The molecular formula is C78H110N2. The summed E-state index contributed by atoms with van der Waals surface area (Å²) in [5, 5.41) is 0. The monoisotopic (exact) mass is 1070 g/mol. The number of anilines is 6. The highest BCUT2D eigenvalue weighted by Crippen LogP contribution is 2.57. The first-order valence-corrected chi connectivity index (χ1v) is 33.2. The Morgan fingerprint density at radius 3 is 1.11 bits per heavy atom. The molecule has 0 bridgehead atoms. The lowest BCUT2D eigenvalue weighted by molar-refractivity contribution is 0.246. The molecular weight excluding hydrogens is 965 g/mol. The van der Waals surface area contributed by atoms with Crippen LogP contribution >= 0.6 is 0 Å². The van der Waals surface area contributed by atoms with Crippen molar-refractivity contribution < 1.29 is 0 Å². The standard InChI is InChI=1S/C78H110N2/c1-14-23-25-27-29-31-55-78(56-32-30-28-26-24-15-2)74-57-70(79(66-41-33-62(34-42-66)59(10)18-5)68-45-37-64(38-46-68)76(13,21-8)53-16-3)49-51-72(74)73-52-50-71(58-75(73)78)80(67-43-35-63(36-44-67)60(11)19-6)69-47-39-65(40-48-69)77(22-9,54-17-4)61(12)20-7/h33-52,57-61H,14-32,53-56H2,1-13H3. The SMILES string of the molecule is CCCCCCCCC1(CCCCCCCC)c2cc(N(c3ccc(C(C)CC)cc3)c3ccc(C(C)(CC)CCC)cc3)ccc2-c2ccc(N(c3ccc(C(C)CC)cc3)c3ccc(C(CC)(CCC)C(C)CC)cc3)cc21. The van der Waals surface area contributed by atoms with Crippen LogP contribution in [-0.4, -0.2) is 0 Å². The van der Waals surface area contributed by atoms with Gasteiger partial charge in [-0.05, 0) is 197 Å². The Hall–Kier alpha value is -5.08. The van der Waals surface area contributed by atoms with E-state index in [0.717, 1.165) is 38.5 Å². The van der Waals surface area contributed by atoms with E-state index in [1.165, 1.54) is 188 Å². The third-order valence-corrected chi connectivity index (χ3v) is 20.4. The van der Waals surface area contributed by atoms with Gasteiger partial charge in [0.1, 0.15) is 0 Å². The molecule has 6 aromatic rings. The minimum atomic E-state index is -0.127. The summed E-state index contributed by atoms with van der Waals surface area (Å²) in [6.07, 6.45) is 28.4. The Morgan fingerprint density at radius 2 is 0.750 bits per heavy atom. The van der Waals surface area contributed by atoms with Gasteiger partial charge in [0.25, 0.3) is 0 Å². The van der Waals surface area contributed by atoms with Gasteiger partial charge in [0.2, 0.25) is 0 Å². The lowest BCUT2D eigenvalue weighted by atomic mass is 9.65. The molecule has 6 aromatic carbocycles. The highest BCUT2D eigenvalue weighted by atomic mass is 15.1. The largest absolute Gasteiger partial charge is 0.310 e. The fourth-order valence-electron chi connectivity index (χ4n) is 14.4. The van der Waals surface area contributed by atoms with E-state index in [-0.39, 0.29) is 16.2 Å². The zero-order valence-corrected chi connectivity index (χ0v) is 53.1. The van der Waals surface area contributed by atoms with Crippen LogP contribution in [0.1, 0.15) is 283 Å². The smallest absolute Gasteiger partial charge is 0.0465 e. The first-order valence-electron chi connectivity index (χ1n) is 33.2. The highest BCUT2D eigenvalue weighted by molar-refractivity contribution is 5.89. The van der Waals surface area contributed by atoms with Crippen molar-refractivity contribution in [2.24, 2.45) is 5.92 Å². The molecule has 0 amide bonds. The minimum Gasteiger partial charge on any atom is -0.310 e. The van der Waals surface area contributed by atoms with Crippen LogP contribution in [0, 0.1) is 5.92 Å². The maximum atomic E-state index is 2.68. The molecule has 0 heterocycles. The van der Waals surface area contributed by atoms with Gasteiger partial charge >= 0.3 is 0 Å². The van der Waals surface area contributed by atoms with Crippen LogP contribution in [-0.2, 0) is 16.2 Å². The topological polar surface area (TPSA) is 6.48 Å². The molecule has 2 nitrogen and oxygen atoms in total. The molecule has 0 radical (unpaired) electrons. The van der Waals surface area contributed by atoms with E-state index in [4.69, 9.17) is 0 Å². The van der Waals surface area contributed by atoms with Crippen molar-refractivity contribution in [3.05, 3.63) is 167 Å². The maximum Gasteiger partial charge on any atom is 0.0465 e. The summed E-state index contributed by atoms with van der Waals surface area (Å²) in [6, 6.07) is 54.1. The van der Waals surface area contributed by atoms with Crippen molar-refractivity contribution in [2.75, 3.05) is 9.80 Å². The number of unbranched alkanes of at least 4 members (excludes halogenated alkanes) is 10. The van der Waals surface area contributed by atoms with E-state index in [1.54, 1.807) is 0 Å². The van der Waals surface area contributed by atoms with Gasteiger partial charge in [-0.3, -0.25) is 0 Å². The summed E-state index contributed by atoms with van der Waals surface area (Å²) >= 11 is 0. The van der Waals surface area contributed by atoms with Crippen molar-refractivity contribution >= 4 is 34.1 Å². The molecule has 80 heavy (non-hydrogen) atoms. The maximum absolute atomic E-state index is 2.68. The molecule has 432 valence electrons. The third-order valence-electron chi connectivity index (χ3n) is 20.4. The molecule has 0 fully saturated rings. The number of nitrogens with zero attached hydrogens (tertiary/aromatic N) is 2. The first-order chi connectivity index (χ1) is 38.9. The summed E-state index contributed by atoms with van der Waals surface area (Å²) in [5.74, 6) is 1.66. The van der Waals surface area contributed by atoms with Crippen LogP contribution in [0.2, 0.25) is 0 Å². The summed E-state index contributed by atoms with van der Waals surface area (Å²) in [6.45, 7) is 30.9. The Balaban J connectivity index is 1.44. The summed E-state index contributed by atoms with van der Waals surface area (Å²) in [5.41, 5.74) is 19.4. The molecule has 0 N–H and O–H groups in total. The molecule has 0 aliphatic heterocycles. The fourth-order valence-corrected chi connectivity index (χ4v) is 14.4. The third kappa shape index (κ3) is 13.9.